The third kappa shape index (κ3) is 6.59. The van der Waals surface area contributed by atoms with Gasteiger partial charge in [0.05, 0.1) is 6.61 Å². The average molecular weight is 364 g/mol. The minimum absolute atomic E-state index is 0.318. The van der Waals surface area contributed by atoms with Gasteiger partial charge in [0.25, 0.3) is 0 Å². The summed E-state index contributed by atoms with van der Waals surface area (Å²) in [6, 6.07) is 7.84. The van der Waals surface area contributed by atoms with E-state index in [1.165, 1.54) is 0 Å². The molecule has 0 amide bonds. The number of benzene rings is 1. The first kappa shape index (κ1) is 20.7. The zero-order chi connectivity index (χ0) is 18.8. The predicted molar refractivity (Wildman–Crippen MR) is 102 cm³/mol. The van der Waals surface area contributed by atoms with Crippen LogP contribution in [0.15, 0.2) is 24.3 Å². The molecule has 1 atom stereocenters. The second-order valence-corrected chi connectivity index (χ2v) is 6.50. The second kappa shape index (κ2) is 11.2. The standard InChI is InChI=1S/C20H32N2O4/c1-4-24-19(20(23)25-5-2)16-17-8-6-7-9-18(17)26-15-14-22-12-10-21(3)11-13-22/h6-9,19H,4-5,10-16H2,1-3H3. The van der Waals surface area contributed by atoms with Crippen molar-refractivity contribution in [3.63, 3.8) is 0 Å². The molecule has 1 fully saturated rings. The van der Waals surface area contributed by atoms with Gasteiger partial charge in [0.1, 0.15) is 12.4 Å². The van der Waals surface area contributed by atoms with Crippen LogP contribution in [0.2, 0.25) is 0 Å². The number of carbonyl (C=O) groups excluding carboxylic acids is 1. The first-order chi connectivity index (χ1) is 12.6. The van der Waals surface area contributed by atoms with E-state index in [-0.39, 0.29) is 5.97 Å². The molecule has 0 radical (unpaired) electrons. The minimum atomic E-state index is -0.595. The van der Waals surface area contributed by atoms with Crippen molar-refractivity contribution in [2.75, 3.05) is 59.6 Å². The highest BCUT2D eigenvalue weighted by Gasteiger charge is 2.22. The maximum absolute atomic E-state index is 12.1. The van der Waals surface area contributed by atoms with Crippen LogP contribution in [-0.4, -0.2) is 81.5 Å². The van der Waals surface area contributed by atoms with Crippen LogP contribution in [0.25, 0.3) is 0 Å². The Kier molecular flexibility index (Phi) is 8.88. The zero-order valence-electron chi connectivity index (χ0n) is 16.3. The maximum Gasteiger partial charge on any atom is 0.335 e. The fraction of sp³-hybridized carbons (Fsp3) is 0.650. The quantitative estimate of drug-likeness (QED) is 0.591. The van der Waals surface area contributed by atoms with E-state index in [0.29, 0.717) is 26.2 Å². The van der Waals surface area contributed by atoms with E-state index in [0.717, 1.165) is 44.0 Å². The van der Waals surface area contributed by atoms with Crippen LogP contribution >= 0.6 is 0 Å². The van der Waals surface area contributed by atoms with Gasteiger partial charge in [0, 0.05) is 45.8 Å². The molecule has 6 nitrogen and oxygen atoms in total. The number of para-hydroxylation sites is 1. The van der Waals surface area contributed by atoms with E-state index < -0.39 is 6.10 Å². The molecule has 0 bridgehead atoms. The van der Waals surface area contributed by atoms with Gasteiger partial charge < -0.3 is 19.1 Å². The van der Waals surface area contributed by atoms with Crippen molar-refractivity contribution in [1.29, 1.82) is 0 Å². The summed E-state index contributed by atoms with van der Waals surface area (Å²) in [5.74, 6) is 0.497. The van der Waals surface area contributed by atoms with Crippen molar-refractivity contribution in [2.24, 2.45) is 0 Å². The van der Waals surface area contributed by atoms with Gasteiger partial charge in [-0.05, 0) is 32.5 Å². The topological polar surface area (TPSA) is 51.2 Å². The lowest BCUT2D eigenvalue weighted by molar-refractivity contribution is -0.156. The third-order valence-corrected chi connectivity index (χ3v) is 4.56. The van der Waals surface area contributed by atoms with Crippen LogP contribution < -0.4 is 4.74 Å². The lowest BCUT2D eigenvalue weighted by atomic mass is 10.1. The summed E-state index contributed by atoms with van der Waals surface area (Å²) >= 11 is 0. The Hall–Kier alpha value is -1.63. The van der Waals surface area contributed by atoms with Crippen LogP contribution in [0.4, 0.5) is 0 Å². The first-order valence-corrected chi connectivity index (χ1v) is 9.53. The summed E-state index contributed by atoms with van der Waals surface area (Å²) in [5.41, 5.74) is 0.970. The molecule has 2 rings (SSSR count). The highest BCUT2D eigenvalue weighted by molar-refractivity contribution is 5.75. The molecule has 26 heavy (non-hydrogen) atoms. The molecule has 1 aromatic rings. The van der Waals surface area contributed by atoms with E-state index in [2.05, 4.69) is 16.8 Å². The summed E-state index contributed by atoms with van der Waals surface area (Å²) in [7, 11) is 2.16. The molecule has 1 aliphatic rings. The highest BCUT2D eigenvalue weighted by Crippen LogP contribution is 2.21. The number of carbonyl (C=O) groups is 1. The van der Waals surface area contributed by atoms with Crippen LogP contribution in [0.5, 0.6) is 5.75 Å². The number of rotatable bonds is 10. The third-order valence-electron chi connectivity index (χ3n) is 4.56. The summed E-state index contributed by atoms with van der Waals surface area (Å²) in [5, 5.41) is 0. The Balaban J connectivity index is 1.90. The zero-order valence-corrected chi connectivity index (χ0v) is 16.3. The van der Waals surface area contributed by atoms with E-state index in [1.54, 1.807) is 6.92 Å². The molecule has 0 aliphatic carbocycles. The number of likely N-dealkylation sites (N-methyl/N-ethyl adjacent to an activating group) is 1. The van der Waals surface area contributed by atoms with Gasteiger partial charge in [-0.3, -0.25) is 4.90 Å². The van der Waals surface area contributed by atoms with Crippen molar-refractivity contribution in [3.05, 3.63) is 29.8 Å². The van der Waals surface area contributed by atoms with Crippen LogP contribution in [0.1, 0.15) is 19.4 Å². The molecule has 1 aromatic carbocycles. The monoisotopic (exact) mass is 364 g/mol. The number of piperazine rings is 1. The molecule has 146 valence electrons. The molecule has 1 aliphatic heterocycles. The van der Waals surface area contributed by atoms with Gasteiger partial charge in [-0.2, -0.15) is 0 Å². The second-order valence-electron chi connectivity index (χ2n) is 6.50. The van der Waals surface area contributed by atoms with Crippen molar-refractivity contribution in [3.8, 4) is 5.75 Å². The normalized spacial score (nSPS) is 17.0. The molecular formula is C20H32N2O4. The van der Waals surface area contributed by atoms with Gasteiger partial charge in [-0.25, -0.2) is 4.79 Å². The van der Waals surface area contributed by atoms with E-state index in [9.17, 15) is 4.79 Å². The Morgan fingerprint density at radius 2 is 1.85 bits per heavy atom. The summed E-state index contributed by atoms with van der Waals surface area (Å²) in [6.45, 7) is 10.4. The molecule has 6 heteroatoms. The van der Waals surface area contributed by atoms with E-state index in [4.69, 9.17) is 14.2 Å². The molecule has 1 heterocycles. The van der Waals surface area contributed by atoms with E-state index in [1.807, 2.05) is 31.2 Å². The van der Waals surface area contributed by atoms with Crippen molar-refractivity contribution >= 4 is 5.97 Å². The lowest BCUT2D eigenvalue weighted by Crippen LogP contribution is -2.45. The summed E-state index contributed by atoms with van der Waals surface area (Å²) < 4.78 is 16.7. The smallest absolute Gasteiger partial charge is 0.335 e. The largest absolute Gasteiger partial charge is 0.492 e. The molecule has 1 saturated heterocycles. The Bertz CT molecular complexity index is 544. The van der Waals surface area contributed by atoms with Crippen LogP contribution in [-0.2, 0) is 20.7 Å². The average Bonchev–Trinajstić information content (AvgIpc) is 2.64. The maximum atomic E-state index is 12.1. The number of hydrogen-bond acceptors (Lipinski definition) is 6. The first-order valence-electron chi connectivity index (χ1n) is 9.53. The molecule has 0 saturated carbocycles. The van der Waals surface area contributed by atoms with Crippen LogP contribution in [0.3, 0.4) is 0 Å². The molecule has 0 aromatic heterocycles. The van der Waals surface area contributed by atoms with Crippen LogP contribution in [0, 0.1) is 0 Å². The summed E-state index contributed by atoms with van der Waals surface area (Å²) in [6.07, 6.45) is -0.139. The number of esters is 1. The predicted octanol–water partition coefficient (Wildman–Crippen LogP) is 1.82. The van der Waals surface area contributed by atoms with Gasteiger partial charge in [-0.1, -0.05) is 18.2 Å². The molecule has 0 N–H and O–H groups in total. The highest BCUT2D eigenvalue weighted by atomic mass is 16.6. The SMILES string of the molecule is CCOC(=O)C(Cc1ccccc1OCCN1CCN(C)CC1)OCC. The lowest BCUT2D eigenvalue weighted by Gasteiger charge is -2.32. The number of nitrogens with zero attached hydrogens (tertiary/aromatic N) is 2. The van der Waals surface area contributed by atoms with Gasteiger partial charge in [0.2, 0.25) is 0 Å². The van der Waals surface area contributed by atoms with E-state index >= 15 is 0 Å². The van der Waals surface area contributed by atoms with Crippen molar-refractivity contribution in [2.45, 2.75) is 26.4 Å². The number of hydrogen-bond donors (Lipinski definition) is 0. The van der Waals surface area contributed by atoms with Gasteiger partial charge in [-0.15, -0.1) is 0 Å². The fourth-order valence-corrected chi connectivity index (χ4v) is 3.02. The van der Waals surface area contributed by atoms with Crippen molar-refractivity contribution < 1.29 is 19.0 Å². The van der Waals surface area contributed by atoms with Gasteiger partial charge >= 0.3 is 5.97 Å². The Morgan fingerprint density at radius 1 is 1.12 bits per heavy atom. The summed E-state index contributed by atoms with van der Waals surface area (Å²) in [4.78, 5) is 16.9. The Labute approximate surface area is 157 Å². The number of ether oxygens (including phenoxy) is 3. The molecular weight excluding hydrogens is 332 g/mol. The molecule has 1 unspecified atom stereocenters. The van der Waals surface area contributed by atoms with Crippen molar-refractivity contribution in [1.82, 2.24) is 9.80 Å². The van der Waals surface area contributed by atoms with Gasteiger partial charge in [0.15, 0.2) is 6.10 Å². The molecule has 0 spiro atoms. The minimum Gasteiger partial charge on any atom is -0.492 e. The fourth-order valence-electron chi connectivity index (χ4n) is 3.02. The Morgan fingerprint density at radius 3 is 2.54 bits per heavy atom.